The maximum atomic E-state index is 13.3. The van der Waals surface area contributed by atoms with Gasteiger partial charge in [0, 0.05) is 32.0 Å². The molecule has 0 radical (unpaired) electrons. The summed E-state index contributed by atoms with van der Waals surface area (Å²) >= 11 is 0. The second-order valence-electron chi connectivity index (χ2n) is 5.70. The zero-order valence-electron chi connectivity index (χ0n) is 10.9. The van der Waals surface area contributed by atoms with E-state index < -0.39 is 5.92 Å². The first kappa shape index (κ1) is 16.1. The van der Waals surface area contributed by atoms with Crippen LogP contribution in [0.5, 0.6) is 0 Å². The van der Waals surface area contributed by atoms with E-state index in [0.29, 0.717) is 19.0 Å². The van der Waals surface area contributed by atoms with Crippen LogP contribution in [0.15, 0.2) is 0 Å². The van der Waals surface area contributed by atoms with Gasteiger partial charge in [0.15, 0.2) is 0 Å². The summed E-state index contributed by atoms with van der Waals surface area (Å²) in [6.45, 7) is 2.55. The molecule has 2 unspecified atom stereocenters. The predicted octanol–water partition coefficient (Wildman–Crippen LogP) is 3.05. The zero-order valence-corrected chi connectivity index (χ0v) is 11.7. The molecule has 0 bridgehead atoms. The number of rotatable bonds is 3. The smallest absolute Gasteiger partial charge is 0.248 e. The van der Waals surface area contributed by atoms with Crippen molar-refractivity contribution in [2.75, 3.05) is 19.6 Å². The summed E-state index contributed by atoms with van der Waals surface area (Å²) in [5.41, 5.74) is 5.76. The molecule has 2 aliphatic rings. The van der Waals surface area contributed by atoms with Gasteiger partial charge in [0.1, 0.15) is 0 Å². The van der Waals surface area contributed by atoms with Crippen LogP contribution in [0.25, 0.3) is 0 Å². The summed E-state index contributed by atoms with van der Waals surface area (Å²) in [4.78, 5) is 2.36. The quantitative estimate of drug-likeness (QED) is 0.862. The molecule has 18 heavy (non-hydrogen) atoms. The number of nitrogens with two attached hydrogens (primary N) is 1. The van der Waals surface area contributed by atoms with Gasteiger partial charge >= 0.3 is 0 Å². The van der Waals surface area contributed by atoms with Crippen LogP contribution in [0.1, 0.15) is 44.9 Å². The summed E-state index contributed by atoms with van der Waals surface area (Å²) in [6.07, 6.45) is 5.38. The van der Waals surface area contributed by atoms with E-state index in [1.54, 1.807) is 0 Å². The monoisotopic (exact) mass is 282 g/mol. The Balaban J connectivity index is 0.00000162. The zero-order chi connectivity index (χ0) is 12.3. The van der Waals surface area contributed by atoms with Gasteiger partial charge in [0.05, 0.1) is 0 Å². The lowest BCUT2D eigenvalue weighted by atomic mass is 9.85. The molecule has 0 aromatic carbocycles. The van der Waals surface area contributed by atoms with E-state index in [-0.39, 0.29) is 31.2 Å². The number of hydrogen-bond acceptors (Lipinski definition) is 2. The van der Waals surface area contributed by atoms with Crippen LogP contribution in [0.3, 0.4) is 0 Å². The number of likely N-dealkylation sites (tertiary alicyclic amines) is 1. The van der Waals surface area contributed by atoms with Crippen molar-refractivity contribution >= 4 is 12.4 Å². The lowest BCUT2D eigenvalue weighted by molar-refractivity contribution is -0.0595. The predicted molar refractivity (Wildman–Crippen MR) is 72.4 cm³/mol. The Morgan fingerprint density at radius 2 is 1.94 bits per heavy atom. The molecule has 1 aliphatic heterocycles. The molecule has 1 aliphatic carbocycles. The Bertz CT molecular complexity index is 251. The standard InChI is InChI=1S/C13H24F2N2.ClH/c14-13(15)6-3-4-11(8-13)10-17-7-2-1-5-12(17)9-16;/h11-12H,1-10,16H2;1H. The fraction of sp³-hybridized carbons (Fsp3) is 1.00. The van der Waals surface area contributed by atoms with E-state index in [1.165, 1.54) is 12.8 Å². The van der Waals surface area contributed by atoms with Gasteiger partial charge in [-0.05, 0) is 38.1 Å². The first-order valence-corrected chi connectivity index (χ1v) is 6.93. The van der Waals surface area contributed by atoms with Crippen molar-refractivity contribution in [3.8, 4) is 0 Å². The Morgan fingerprint density at radius 1 is 1.17 bits per heavy atom. The topological polar surface area (TPSA) is 29.3 Å². The van der Waals surface area contributed by atoms with Crippen molar-refractivity contribution in [2.45, 2.75) is 56.9 Å². The lowest BCUT2D eigenvalue weighted by Crippen LogP contribution is -2.47. The van der Waals surface area contributed by atoms with Crippen molar-refractivity contribution in [3.63, 3.8) is 0 Å². The SMILES string of the molecule is Cl.NCC1CCCCN1CC1CCCC(F)(F)C1. The molecule has 2 rings (SSSR count). The highest BCUT2D eigenvalue weighted by atomic mass is 35.5. The van der Waals surface area contributed by atoms with Crippen LogP contribution < -0.4 is 5.73 Å². The van der Waals surface area contributed by atoms with Gasteiger partial charge in [-0.2, -0.15) is 0 Å². The molecular weight excluding hydrogens is 258 g/mol. The Kier molecular flexibility index (Phi) is 6.28. The minimum absolute atomic E-state index is 0. The van der Waals surface area contributed by atoms with Gasteiger partial charge in [-0.25, -0.2) is 8.78 Å². The molecule has 0 aromatic heterocycles. The largest absolute Gasteiger partial charge is 0.329 e. The summed E-state index contributed by atoms with van der Waals surface area (Å²) in [5, 5.41) is 0. The summed E-state index contributed by atoms with van der Waals surface area (Å²) in [6, 6.07) is 0.430. The molecular formula is C13H25ClF2N2. The third-order valence-electron chi connectivity index (χ3n) is 4.26. The highest BCUT2D eigenvalue weighted by Gasteiger charge is 2.37. The molecule has 5 heteroatoms. The van der Waals surface area contributed by atoms with Crippen LogP contribution in [-0.2, 0) is 0 Å². The van der Waals surface area contributed by atoms with Crippen LogP contribution in [0.4, 0.5) is 8.78 Å². The minimum atomic E-state index is -2.42. The second-order valence-corrected chi connectivity index (χ2v) is 5.70. The van der Waals surface area contributed by atoms with Gasteiger partial charge < -0.3 is 5.73 Å². The molecule has 0 aromatic rings. The van der Waals surface area contributed by atoms with Crippen LogP contribution in [0, 0.1) is 5.92 Å². The maximum Gasteiger partial charge on any atom is 0.248 e. The molecule has 1 heterocycles. The molecule has 1 saturated carbocycles. The van der Waals surface area contributed by atoms with Crippen LogP contribution in [0.2, 0.25) is 0 Å². The number of hydrogen-bond donors (Lipinski definition) is 1. The summed E-state index contributed by atoms with van der Waals surface area (Å²) < 4.78 is 26.7. The van der Waals surface area contributed by atoms with Crippen molar-refractivity contribution in [2.24, 2.45) is 11.7 Å². The van der Waals surface area contributed by atoms with Crippen molar-refractivity contribution in [1.82, 2.24) is 4.90 Å². The van der Waals surface area contributed by atoms with E-state index in [4.69, 9.17) is 5.73 Å². The Morgan fingerprint density at radius 3 is 2.61 bits per heavy atom. The van der Waals surface area contributed by atoms with Crippen LogP contribution in [-0.4, -0.2) is 36.5 Å². The number of nitrogens with zero attached hydrogens (tertiary/aromatic N) is 1. The Labute approximate surface area is 115 Å². The molecule has 2 nitrogen and oxygen atoms in total. The summed E-state index contributed by atoms with van der Waals surface area (Å²) in [5.74, 6) is -2.25. The highest BCUT2D eigenvalue weighted by molar-refractivity contribution is 5.85. The fourth-order valence-corrected chi connectivity index (χ4v) is 3.33. The highest BCUT2D eigenvalue weighted by Crippen LogP contribution is 2.37. The van der Waals surface area contributed by atoms with Gasteiger partial charge in [-0.3, -0.25) is 4.90 Å². The lowest BCUT2D eigenvalue weighted by Gasteiger charge is -2.39. The van der Waals surface area contributed by atoms with Gasteiger partial charge in [0.2, 0.25) is 5.92 Å². The average molecular weight is 283 g/mol. The van der Waals surface area contributed by atoms with Crippen molar-refractivity contribution < 1.29 is 8.78 Å². The molecule has 0 spiro atoms. The average Bonchev–Trinajstić information content (AvgIpc) is 2.28. The first-order chi connectivity index (χ1) is 8.11. The molecule has 1 saturated heterocycles. The first-order valence-electron chi connectivity index (χ1n) is 6.93. The van der Waals surface area contributed by atoms with Crippen molar-refractivity contribution in [3.05, 3.63) is 0 Å². The molecule has 2 fully saturated rings. The third-order valence-corrected chi connectivity index (χ3v) is 4.26. The molecule has 2 N–H and O–H groups in total. The summed E-state index contributed by atoms with van der Waals surface area (Å²) in [7, 11) is 0. The molecule has 0 amide bonds. The molecule has 2 atom stereocenters. The van der Waals surface area contributed by atoms with Crippen molar-refractivity contribution in [1.29, 1.82) is 0 Å². The number of alkyl halides is 2. The number of halogens is 3. The minimum Gasteiger partial charge on any atom is -0.329 e. The van der Waals surface area contributed by atoms with Crippen LogP contribution >= 0.6 is 12.4 Å². The fourth-order valence-electron chi connectivity index (χ4n) is 3.33. The van der Waals surface area contributed by atoms with E-state index in [0.717, 1.165) is 25.9 Å². The van der Waals surface area contributed by atoms with Gasteiger partial charge in [-0.15, -0.1) is 12.4 Å². The Hall–Kier alpha value is 0.0700. The van der Waals surface area contributed by atoms with E-state index >= 15 is 0 Å². The van der Waals surface area contributed by atoms with E-state index in [2.05, 4.69) is 4.90 Å². The second kappa shape index (κ2) is 7.01. The number of piperidine rings is 1. The van der Waals surface area contributed by atoms with E-state index in [1.807, 2.05) is 0 Å². The normalized spacial score (nSPS) is 32.8. The van der Waals surface area contributed by atoms with Gasteiger partial charge in [-0.1, -0.05) is 6.42 Å². The molecule has 108 valence electrons. The van der Waals surface area contributed by atoms with Gasteiger partial charge in [0.25, 0.3) is 0 Å². The van der Waals surface area contributed by atoms with E-state index in [9.17, 15) is 8.78 Å². The maximum absolute atomic E-state index is 13.3. The third kappa shape index (κ3) is 4.32.